The van der Waals surface area contributed by atoms with Crippen molar-refractivity contribution in [3.05, 3.63) is 68.6 Å². The van der Waals surface area contributed by atoms with Crippen LogP contribution in [0.2, 0.25) is 5.02 Å². The number of nitrogens with zero attached hydrogens (tertiary/aromatic N) is 3. The average molecular weight is 356 g/mol. The van der Waals surface area contributed by atoms with Crippen LogP contribution in [0.3, 0.4) is 0 Å². The fourth-order valence-corrected chi connectivity index (χ4v) is 3.27. The normalized spacial score (nSPS) is 16.4. The zero-order chi connectivity index (χ0) is 17.6. The Labute approximate surface area is 147 Å². The molecule has 8 heteroatoms. The number of carbonyl (C=O) groups excluding carboxylic acids is 1. The molecule has 0 aliphatic carbocycles. The molecule has 0 saturated carbocycles. The summed E-state index contributed by atoms with van der Waals surface area (Å²) >= 11 is 5.97. The van der Waals surface area contributed by atoms with Crippen LogP contribution in [0, 0.1) is 6.92 Å². The SMILES string of the molecule is Cc1nn(-c2ccc(=O)[nH]n2)c2c1C(c1ccc(Cl)cc1)CC(=O)N2. The van der Waals surface area contributed by atoms with Crippen molar-refractivity contribution in [3.63, 3.8) is 0 Å². The van der Waals surface area contributed by atoms with Gasteiger partial charge in [0.1, 0.15) is 5.82 Å². The number of anilines is 1. The third-order valence-corrected chi connectivity index (χ3v) is 4.51. The molecule has 7 nitrogen and oxygen atoms in total. The highest BCUT2D eigenvalue weighted by atomic mass is 35.5. The molecule has 0 radical (unpaired) electrons. The number of amides is 1. The van der Waals surface area contributed by atoms with E-state index in [0.29, 0.717) is 23.1 Å². The van der Waals surface area contributed by atoms with Crippen molar-refractivity contribution in [1.29, 1.82) is 0 Å². The predicted molar refractivity (Wildman–Crippen MR) is 93.3 cm³/mol. The lowest BCUT2D eigenvalue weighted by molar-refractivity contribution is -0.116. The van der Waals surface area contributed by atoms with Gasteiger partial charge in [0.15, 0.2) is 5.82 Å². The summed E-state index contributed by atoms with van der Waals surface area (Å²) in [6.45, 7) is 1.89. The van der Waals surface area contributed by atoms with E-state index in [2.05, 4.69) is 20.6 Å². The van der Waals surface area contributed by atoms with E-state index in [9.17, 15) is 9.59 Å². The molecule has 1 atom stereocenters. The number of hydrogen-bond acceptors (Lipinski definition) is 4. The van der Waals surface area contributed by atoms with Crippen molar-refractivity contribution >= 4 is 23.3 Å². The number of benzene rings is 1. The molecule has 2 N–H and O–H groups in total. The summed E-state index contributed by atoms with van der Waals surface area (Å²) in [4.78, 5) is 23.5. The van der Waals surface area contributed by atoms with Crippen molar-refractivity contribution in [2.45, 2.75) is 19.3 Å². The fourth-order valence-electron chi connectivity index (χ4n) is 3.15. The maximum atomic E-state index is 12.3. The zero-order valence-electron chi connectivity index (χ0n) is 13.3. The van der Waals surface area contributed by atoms with Crippen LogP contribution in [-0.2, 0) is 4.79 Å². The van der Waals surface area contributed by atoms with Gasteiger partial charge in [0, 0.05) is 29.0 Å². The summed E-state index contributed by atoms with van der Waals surface area (Å²) in [5, 5.41) is 14.4. The third kappa shape index (κ3) is 2.72. The molecule has 4 rings (SSSR count). The number of H-pyrrole nitrogens is 1. The topological polar surface area (TPSA) is 92.7 Å². The summed E-state index contributed by atoms with van der Waals surface area (Å²) in [7, 11) is 0. The molecule has 0 fully saturated rings. The van der Waals surface area contributed by atoms with Gasteiger partial charge in [0.2, 0.25) is 5.91 Å². The van der Waals surface area contributed by atoms with E-state index in [4.69, 9.17) is 11.6 Å². The predicted octanol–water partition coefficient (Wildman–Crippen LogP) is 2.39. The van der Waals surface area contributed by atoms with Crippen LogP contribution in [0.15, 0.2) is 41.2 Å². The summed E-state index contributed by atoms with van der Waals surface area (Å²) in [6.07, 6.45) is 0.334. The number of aromatic nitrogens is 4. The van der Waals surface area contributed by atoms with Crippen LogP contribution in [0.5, 0.6) is 0 Å². The molecule has 1 aromatic carbocycles. The number of rotatable bonds is 2. The van der Waals surface area contributed by atoms with Crippen molar-refractivity contribution < 1.29 is 4.79 Å². The fraction of sp³-hybridized carbons (Fsp3) is 0.176. The third-order valence-electron chi connectivity index (χ3n) is 4.26. The molecule has 1 unspecified atom stereocenters. The van der Waals surface area contributed by atoms with Crippen LogP contribution in [0.1, 0.15) is 29.2 Å². The molecule has 0 spiro atoms. The minimum atomic E-state index is -0.301. The van der Waals surface area contributed by atoms with E-state index < -0.39 is 0 Å². The quantitative estimate of drug-likeness (QED) is 0.738. The first-order valence-corrected chi connectivity index (χ1v) is 8.11. The van der Waals surface area contributed by atoms with Gasteiger partial charge in [-0.2, -0.15) is 14.9 Å². The molecular formula is C17H14ClN5O2. The number of aromatic amines is 1. The smallest absolute Gasteiger partial charge is 0.264 e. The Morgan fingerprint density at radius 2 is 1.92 bits per heavy atom. The molecule has 1 amide bonds. The van der Waals surface area contributed by atoms with Crippen molar-refractivity contribution in [3.8, 4) is 5.82 Å². The number of aryl methyl sites for hydroxylation is 1. The maximum absolute atomic E-state index is 12.3. The van der Waals surface area contributed by atoms with Crippen molar-refractivity contribution in [2.75, 3.05) is 5.32 Å². The van der Waals surface area contributed by atoms with E-state index in [-0.39, 0.29) is 17.4 Å². The van der Waals surface area contributed by atoms with Gasteiger partial charge in [-0.05, 0) is 30.7 Å². The Hall–Kier alpha value is -2.93. The summed E-state index contributed by atoms with van der Waals surface area (Å²) < 4.78 is 1.54. The lowest BCUT2D eigenvalue weighted by Gasteiger charge is -2.24. The first-order chi connectivity index (χ1) is 12.0. The average Bonchev–Trinajstić information content (AvgIpc) is 2.92. The van der Waals surface area contributed by atoms with Gasteiger partial charge in [-0.25, -0.2) is 5.10 Å². The molecule has 1 aliphatic rings. The second kappa shape index (κ2) is 5.86. The van der Waals surface area contributed by atoms with E-state index in [1.165, 1.54) is 6.07 Å². The molecular weight excluding hydrogens is 342 g/mol. The van der Waals surface area contributed by atoms with E-state index in [1.807, 2.05) is 31.2 Å². The van der Waals surface area contributed by atoms with Crippen LogP contribution >= 0.6 is 11.6 Å². The second-order valence-corrected chi connectivity index (χ2v) is 6.33. The van der Waals surface area contributed by atoms with Crippen LogP contribution in [-0.4, -0.2) is 25.9 Å². The number of halogens is 1. The van der Waals surface area contributed by atoms with E-state index in [0.717, 1.165) is 16.8 Å². The number of nitrogens with one attached hydrogen (secondary N) is 2. The van der Waals surface area contributed by atoms with Crippen LogP contribution in [0.25, 0.3) is 5.82 Å². The van der Waals surface area contributed by atoms with Gasteiger partial charge in [0.05, 0.1) is 5.69 Å². The molecule has 25 heavy (non-hydrogen) atoms. The number of carbonyl (C=O) groups is 1. The summed E-state index contributed by atoms with van der Waals surface area (Å²) in [5.74, 6) is 0.796. The Bertz CT molecular complexity index is 1000. The lowest BCUT2D eigenvalue weighted by Crippen LogP contribution is -2.25. The highest BCUT2D eigenvalue weighted by Crippen LogP contribution is 2.40. The van der Waals surface area contributed by atoms with Crippen molar-refractivity contribution in [1.82, 2.24) is 20.0 Å². The second-order valence-electron chi connectivity index (χ2n) is 5.90. The number of hydrogen-bond donors (Lipinski definition) is 2. The highest BCUT2D eigenvalue weighted by molar-refractivity contribution is 6.30. The van der Waals surface area contributed by atoms with Crippen LogP contribution in [0.4, 0.5) is 5.82 Å². The van der Waals surface area contributed by atoms with Gasteiger partial charge in [-0.3, -0.25) is 9.59 Å². The summed E-state index contributed by atoms with van der Waals surface area (Å²) in [6, 6.07) is 10.4. The molecule has 0 saturated heterocycles. The Morgan fingerprint density at radius 1 is 1.16 bits per heavy atom. The Balaban J connectivity index is 1.87. The van der Waals surface area contributed by atoms with Gasteiger partial charge in [0.25, 0.3) is 5.56 Å². The molecule has 126 valence electrons. The lowest BCUT2D eigenvalue weighted by atomic mass is 9.86. The van der Waals surface area contributed by atoms with E-state index in [1.54, 1.807) is 10.7 Å². The molecule has 2 aromatic heterocycles. The minimum Gasteiger partial charge on any atom is -0.310 e. The summed E-state index contributed by atoms with van der Waals surface area (Å²) in [5.41, 5.74) is 2.43. The molecule has 1 aliphatic heterocycles. The monoisotopic (exact) mass is 355 g/mol. The Morgan fingerprint density at radius 3 is 2.60 bits per heavy atom. The minimum absolute atomic E-state index is 0.0991. The maximum Gasteiger partial charge on any atom is 0.264 e. The number of fused-ring (bicyclic) bond motifs is 1. The van der Waals surface area contributed by atoms with Gasteiger partial charge >= 0.3 is 0 Å². The first kappa shape index (κ1) is 15.6. The van der Waals surface area contributed by atoms with E-state index >= 15 is 0 Å². The van der Waals surface area contributed by atoms with Gasteiger partial charge in [-0.15, -0.1) is 0 Å². The van der Waals surface area contributed by atoms with Gasteiger partial charge < -0.3 is 5.32 Å². The zero-order valence-corrected chi connectivity index (χ0v) is 14.0. The molecule has 0 bridgehead atoms. The largest absolute Gasteiger partial charge is 0.310 e. The molecule has 3 aromatic rings. The standard InChI is InChI=1S/C17H14ClN5O2/c1-9-16-12(10-2-4-11(18)5-3-10)8-15(25)19-17(16)23(22-9)13-6-7-14(24)21-20-13/h2-7,12H,8H2,1H3,(H,19,25)(H,21,24). The molecule has 3 heterocycles. The highest BCUT2D eigenvalue weighted by Gasteiger charge is 2.32. The van der Waals surface area contributed by atoms with Crippen LogP contribution < -0.4 is 10.9 Å². The Kier molecular flexibility index (Phi) is 3.65. The van der Waals surface area contributed by atoms with Gasteiger partial charge in [-0.1, -0.05) is 23.7 Å². The first-order valence-electron chi connectivity index (χ1n) is 7.74. The van der Waals surface area contributed by atoms with Crippen molar-refractivity contribution in [2.24, 2.45) is 0 Å².